The topological polar surface area (TPSA) is 288 Å². The van der Waals surface area contributed by atoms with Gasteiger partial charge in [0.1, 0.15) is 36.2 Å². The minimum atomic E-state index is -2.48. The quantitative estimate of drug-likeness (QED) is 0.0208. The molecular formula is C81H113N3O20. The summed E-state index contributed by atoms with van der Waals surface area (Å²) in [4.78, 5) is 119. The van der Waals surface area contributed by atoms with Crippen LogP contribution in [0.4, 0.5) is 5.69 Å². The number of hydroxylamine groups is 1. The number of cyclic esters (lactones) is 1. The number of benzene rings is 2. The van der Waals surface area contributed by atoms with Gasteiger partial charge in [0.15, 0.2) is 5.78 Å². The lowest BCUT2D eigenvalue weighted by Gasteiger charge is -2.42. The third-order valence-electron chi connectivity index (χ3n) is 20.7. The van der Waals surface area contributed by atoms with Gasteiger partial charge in [0.05, 0.1) is 83.2 Å². The van der Waals surface area contributed by atoms with Crippen LogP contribution in [0.15, 0.2) is 96.1 Å². The highest BCUT2D eigenvalue weighted by Gasteiger charge is 2.53. The standard InChI is InChI=1S/C81H113N3O20/c1-53-22-12-11-13-23-54(2)69(95-8)50-64-35-31-59(7)81(94,104-64)78(91)79(92)83-38-21-20-28-66(83)80(93)103-70(51-67(85)55(3)47-58(6)76(90)77(97-10)75(89)57(5)46-53)56(4)48-60-32-36-68(71(49-60)96-9)102-74(88)37-39-98-40-41-99-42-43-100-44-45-101-82-72(86)29-18-19-30-73(87)84-52-63-26-15-14-24-61(63)33-34-62-25-16-17-27-65(62)84/h11-17,22-27,47,53,55-57,59-60,64,66,68-71,76-77,90,94H,18-21,28-32,35-46,48-52H2,1-10H3,(H,82,86)/b13-11?,22-12+,54-23?,58-47+/t53-,55-,56-,57-,59-,60+,64+,66+,68-,69+,70+,71-,76-,77+,81-/m1/s1. The van der Waals surface area contributed by atoms with Crippen molar-refractivity contribution in [3.8, 4) is 11.8 Å². The summed E-state index contributed by atoms with van der Waals surface area (Å²) < 4.78 is 52.8. The average molecular weight is 1450 g/mol. The van der Waals surface area contributed by atoms with Gasteiger partial charge in [-0.2, -0.15) is 0 Å². The summed E-state index contributed by atoms with van der Waals surface area (Å²) in [6, 6.07) is 14.2. The molecule has 0 radical (unpaired) electrons. The summed E-state index contributed by atoms with van der Waals surface area (Å²) in [5, 5.41) is 23.7. The van der Waals surface area contributed by atoms with E-state index in [-0.39, 0.29) is 127 Å². The first kappa shape index (κ1) is 84.2. The lowest BCUT2D eigenvalue weighted by atomic mass is 9.78. The fraction of sp³-hybridized carbons (Fsp3) is 0.630. The molecule has 2 bridgehead atoms. The van der Waals surface area contributed by atoms with Crippen LogP contribution < -0.4 is 10.4 Å². The lowest BCUT2D eigenvalue weighted by molar-refractivity contribution is -0.265. The molecule has 2 saturated heterocycles. The molecule has 3 amide bonds. The Kier molecular flexibility index (Phi) is 34.7. The SMILES string of the molecule is CO[C@H]1C[C@@H]2CC[C@@H](C)[C@@](O)(O2)C(=O)C(=O)N2CCCC[C@H]2C(=O)O[C@H]([C@H](C)C[C@@H]2CC[C@@H](OC(=O)CCOCCOCCOCCONC(=O)CCCCC(=O)N3Cc4ccccc4C#Cc4ccccc43)[C@H](OC)C2)CC(=O)[C@H](C)/C=C(\C)[C@@H](O)[C@@H](OC)C(=O)[C@H](C)C[C@H](C)/C=C/C=CC=C1C. The molecule has 15 atom stereocenters. The number of Topliss-reactive ketones (excluding diaryl/α,β-unsaturated/α-hetero) is 3. The van der Waals surface area contributed by atoms with Crippen molar-refractivity contribution in [1.82, 2.24) is 10.4 Å². The molecule has 104 heavy (non-hydrogen) atoms. The van der Waals surface area contributed by atoms with E-state index in [4.69, 9.17) is 47.5 Å². The summed E-state index contributed by atoms with van der Waals surface area (Å²) in [5.74, 6) is -2.98. The molecule has 4 heterocycles. The highest BCUT2D eigenvalue weighted by molar-refractivity contribution is 6.39. The van der Waals surface area contributed by atoms with E-state index in [1.165, 1.54) is 12.0 Å². The van der Waals surface area contributed by atoms with Crippen molar-refractivity contribution in [3.63, 3.8) is 0 Å². The van der Waals surface area contributed by atoms with Gasteiger partial charge >= 0.3 is 11.9 Å². The number of nitrogens with one attached hydrogen (secondary N) is 1. The number of carbonyl (C=O) groups is 8. The molecule has 1 saturated carbocycles. The van der Waals surface area contributed by atoms with Crippen LogP contribution in [0, 0.1) is 47.3 Å². The summed E-state index contributed by atoms with van der Waals surface area (Å²) in [6.07, 6.45) is 11.6. The van der Waals surface area contributed by atoms with Crippen LogP contribution in [0.1, 0.15) is 174 Å². The number of piperidine rings is 1. The van der Waals surface area contributed by atoms with Crippen LogP contribution >= 0.6 is 0 Å². The maximum absolute atomic E-state index is 14.7. The molecule has 3 fully saturated rings. The fourth-order valence-electron chi connectivity index (χ4n) is 14.3. The van der Waals surface area contributed by atoms with E-state index in [1.807, 2.05) is 99.7 Å². The number of nitrogens with zero attached hydrogens (tertiary/aromatic N) is 2. The van der Waals surface area contributed by atoms with E-state index >= 15 is 0 Å². The van der Waals surface area contributed by atoms with Crippen LogP contribution in [0.5, 0.6) is 0 Å². The van der Waals surface area contributed by atoms with Crippen LogP contribution in [0.3, 0.4) is 0 Å². The number of hydrogen-bond acceptors (Lipinski definition) is 20. The van der Waals surface area contributed by atoms with Gasteiger partial charge in [-0.15, -0.1) is 0 Å². The molecule has 4 aliphatic heterocycles. The first-order chi connectivity index (χ1) is 50.0. The van der Waals surface area contributed by atoms with Gasteiger partial charge in [0, 0.05) is 82.4 Å². The fourth-order valence-corrected chi connectivity index (χ4v) is 14.3. The Morgan fingerprint density at radius 2 is 1.42 bits per heavy atom. The molecule has 0 spiro atoms. The summed E-state index contributed by atoms with van der Waals surface area (Å²) in [7, 11) is 4.49. The molecule has 572 valence electrons. The summed E-state index contributed by atoms with van der Waals surface area (Å²) in [6.45, 7) is 14.5. The number of aliphatic hydroxyl groups excluding tert-OH is 1. The number of carbonyl (C=O) groups excluding carboxylic acids is 8. The second kappa shape index (κ2) is 42.9. The van der Waals surface area contributed by atoms with Crippen LogP contribution in [0.2, 0.25) is 0 Å². The molecule has 2 aromatic rings. The van der Waals surface area contributed by atoms with Gasteiger partial charge in [0.25, 0.3) is 11.7 Å². The van der Waals surface area contributed by atoms with Gasteiger partial charge in [0.2, 0.25) is 17.6 Å². The Labute approximate surface area is 614 Å². The van der Waals surface area contributed by atoms with Crippen LogP contribution in [-0.2, 0) is 92.4 Å². The summed E-state index contributed by atoms with van der Waals surface area (Å²) in [5.41, 5.74) is 7.07. The predicted octanol–water partition coefficient (Wildman–Crippen LogP) is 9.73. The first-order valence-corrected chi connectivity index (χ1v) is 37.3. The number of fused-ring (bicyclic) bond motifs is 5. The number of methoxy groups -OCH3 is 3. The molecule has 2 aromatic carbocycles. The maximum atomic E-state index is 14.7. The molecule has 1 aliphatic carbocycles. The molecule has 3 N–H and O–H groups in total. The van der Waals surface area contributed by atoms with Crippen molar-refractivity contribution in [2.24, 2.45) is 35.5 Å². The maximum Gasteiger partial charge on any atom is 0.329 e. The van der Waals surface area contributed by atoms with Gasteiger partial charge in [-0.3, -0.25) is 38.4 Å². The largest absolute Gasteiger partial charge is 0.460 e. The highest BCUT2D eigenvalue weighted by Crippen LogP contribution is 2.39. The number of ketones is 3. The molecule has 7 rings (SSSR count). The smallest absolute Gasteiger partial charge is 0.329 e. The van der Waals surface area contributed by atoms with E-state index < -0.39 is 102 Å². The van der Waals surface area contributed by atoms with Crippen molar-refractivity contribution in [2.45, 2.75) is 219 Å². The zero-order chi connectivity index (χ0) is 75.3. The van der Waals surface area contributed by atoms with Crippen molar-refractivity contribution in [1.29, 1.82) is 0 Å². The van der Waals surface area contributed by atoms with Crippen LogP contribution in [-0.4, -0.2) is 191 Å². The minimum absolute atomic E-state index is 0.000426. The normalized spacial score (nSPS) is 29.0. The van der Waals surface area contributed by atoms with Gasteiger partial charge < -0.3 is 62.6 Å². The van der Waals surface area contributed by atoms with Gasteiger partial charge in [-0.25, -0.2) is 10.3 Å². The van der Waals surface area contributed by atoms with Crippen molar-refractivity contribution < 1.29 is 96.0 Å². The monoisotopic (exact) mass is 1450 g/mol. The van der Waals surface area contributed by atoms with E-state index in [9.17, 15) is 48.6 Å². The molecule has 0 aromatic heterocycles. The second-order valence-corrected chi connectivity index (χ2v) is 28.6. The van der Waals surface area contributed by atoms with Crippen molar-refractivity contribution in [2.75, 3.05) is 79.0 Å². The van der Waals surface area contributed by atoms with E-state index in [2.05, 4.69) is 17.3 Å². The van der Waals surface area contributed by atoms with Gasteiger partial charge in [-0.1, -0.05) is 113 Å². The number of aliphatic hydroxyl groups is 2. The zero-order valence-electron chi connectivity index (χ0n) is 62.7. The summed E-state index contributed by atoms with van der Waals surface area (Å²) >= 11 is 0. The Balaban J connectivity index is 0.856. The Morgan fingerprint density at radius 3 is 2.15 bits per heavy atom. The molecule has 23 nitrogen and oxygen atoms in total. The van der Waals surface area contributed by atoms with E-state index in [0.29, 0.717) is 82.7 Å². The van der Waals surface area contributed by atoms with Crippen LogP contribution in [0.25, 0.3) is 0 Å². The Morgan fingerprint density at radius 1 is 0.731 bits per heavy atom. The number of unbranched alkanes of at least 4 members (excludes halogenated alkanes) is 1. The zero-order valence-corrected chi connectivity index (χ0v) is 62.7. The Bertz CT molecular complexity index is 3370. The number of ether oxygens (including phenoxy) is 9. The number of para-hydroxylation sites is 1. The highest BCUT2D eigenvalue weighted by atomic mass is 16.7. The second-order valence-electron chi connectivity index (χ2n) is 28.6. The van der Waals surface area contributed by atoms with Gasteiger partial charge in [-0.05, 0) is 144 Å². The van der Waals surface area contributed by atoms with Crippen molar-refractivity contribution in [3.05, 3.63) is 113 Å². The number of allylic oxidation sites excluding steroid dienone is 6. The molecule has 0 unspecified atom stereocenters. The number of rotatable bonds is 25. The number of esters is 2. The minimum Gasteiger partial charge on any atom is -0.460 e. The van der Waals surface area contributed by atoms with E-state index in [0.717, 1.165) is 28.0 Å². The predicted molar refractivity (Wildman–Crippen MR) is 389 cm³/mol. The third kappa shape index (κ3) is 25.0. The number of anilines is 1. The average Bonchev–Trinajstić information content (AvgIpc) is 0.776. The number of hydrogen-bond donors (Lipinski definition) is 3. The van der Waals surface area contributed by atoms with E-state index in [1.54, 1.807) is 52.9 Å². The Hall–Kier alpha value is -7.08. The first-order valence-electron chi connectivity index (χ1n) is 37.3. The van der Waals surface area contributed by atoms with Crippen molar-refractivity contribution >= 4 is 52.7 Å². The molecule has 23 heteroatoms. The third-order valence-corrected chi connectivity index (χ3v) is 20.7. The molecule has 5 aliphatic rings. The molecular weight excluding hydrogens is 1330 g/mol. The number of amides is 3. The lowest BCUT2D eigenvalue weighted by Crippen LogP contribution is -2.61.